The molecular formula is C13H15NO3. The highest BCUT2D eigenvalue weighted by Crippen LogP contribution is 2.23. The molecule has 1 aliphatic rings. The number of methoxy groups -OCH3 is 1. The van der Waals surface area contributed by atoms with Crippen molar-refractivity contribution in [2.45, 2.75) is 6.42 Å². The van der Waals surface area contributed by atoms with Gasteiger partial charge in [0.15, 0.2) is 0 Å². The summed E-state index contributed by atoms with van der Waals surface area (Å²) in [6, 6.07) is 7.79. The van der Waals surface area contributed by atoms with E-state index in [1.807, 2.05) is 24.3 Å². The zero-order valence-corrected chi connectivity index (χ0v) is 9.72. The summed E-state index contributed by atoms with van der Waals surface area (Å²) in [5.74, 6) is 0.00537. The Labute approximate surface area is 100 Å². The molecule has 1 aromatic carbocycles. The van der Waals surface area contributed by atoms with Gasteiger partial charge < -0.3 is 14.7 Å². The molecule has 90 valence electrons. The molecule has 0 radical (unpaired) electrons. The summed E-state index contributed by atoms with van der Waals surface area (Å²) in [6.45, 7) is 1.36. The lowest BCUT2D eigenvalue weighted by molar-refractivity contribution is -0.132. The second-order valence-electron chi connectivity index (χ2n) is 3.93. The Morgan fingerprint density at radius 1 is 1.47 bits per heavy atom. The van der Waals surface area contributed by atoms with E-state index < -0.39 is 5.97 Å². The number of carboxylic acids is 1. The third kappa shape index (κ3) is 2.58. The molecule has 1 heterocycles. The van der Waals surface area contributed by atoms with E-state index in [0.717, 1.165) is 18.0 Å². The summed E-state index contributed by atoms with van der Waals surface area (Å²) in [7, 11) is 1.64. The lowest BCUT2D eigenvalue weighted by Gasteiger charge is -2.27. The molecule has 0 unspecified atom stereocenters. The number of hydrogen-bond acceptors (Lipinski definition) is 3. The first-order chi connectivity index (χ1) is 8.20. The number of ether oxygens (including phenoxy) is 1. The molecule has 2 rings (SSSR count). The Bertz CT molecular complexity index is 454. The summed E-state index contributed by atoms with van der Waals surface area (Å²) >= 11 is 0. The summed E-state index contributed by atoms with van der Waals surface area (Å²) in [5, 5.41) is 8.87. The van der Waals surface area contributed by atoms with E-state index >= 15 is 0 Å². The number of hydrogen-bond donors (Lipinski definition) is 1. The van der Waals surface area contributed by atoms with Gasteiger partial charge in [-0.3, -0.25) is 0 Å². The molecule has 0 aliphatic carbocycles. The van der Waals surface area contributed by atoms with Gasteiger partial charge in [-0.05, 0) is 18.6 Å². The van der Waals surface area contributed by atoms with E-state index in [2.05, 4.69) is 4.90 Å². The van der Waals surface area contributed by atoms with E-state index in [0.29, 0.717) is 18.5 Å². The largest absolute Gasteiger partial charge is 0.497 e. The average Bonchev–Trinajstić information content (AvgIpc) is 2.39. The van der Waals surface area contributed by atoms with Crippen molar-refractivity contribution >= 4 is 11.7 Å². The predicted molar refractivity (Wildman–Crippen MR) is 65.5 cm³/mol. The van der Waals surface area contributed by atoms with E-state index in [1.54, 1.807) is 13.2 Å². The van der Waals surface area contributed by atoms with E-state index in [9.17, 15) is 4.79 Å². The van der Waals surface area contributed by atoms with Gasteiger partial charge in [0.25, 0.3) is 0 Å². The summed E-state index contributed by atoms with van der Waals surface area (Å²) < 4.78 is 5.17. The van der Waals surface area contributed by atoms with Crippen molar-refractivity contribution in [3.8, 4) is 5.75 Å². The molecule has 0 saturated carbocycles. The maximum Gasteiger partial charge on any atom is 0.331 e. The molecule has 0 spiro atoms. The van der Waals surface area contributed by atoms with Crippen LogP contribution < -0.4 is 9.64 Å². The second kappa shape index (κ2) is 4.91. The van der Waals surface area contributed by atoms with Gasteiger partial charge >= 0.3 is 5.97 Å². The van der Waals surface area contributed by atoms with Crippen LogP contribution in [0.1, 0.15) is 6.42 Å². The fraction of sp³-hybridized carbons (Fsp3) is 0.308. The van der Waals surface area contributed by atoms with Crippen molar-refractivity contribution in [3.05, 3.63) is 35.9 Å². The second-order valence-corrected chi connectivity index (χ2v) is 3.93. The fourth-order valence-corrected chi connectivity index (χ4v) is 1.91. The van der Waals surface area contributed by atoms with E-state index in [1.165, 1.54) is 0 Å². The maximum atomic E-state index is 10.8. The first-order valence-electron chi connectivity index (χ1n) is 5.52. The van der Waals surface area contributed by atoms with Gasteiger partial charge in [-0.1, -0.05) is 12.1 Å². The van der Waals surface area contributed by atoms with Gasteiger partial charge in [-0.25, -0.2) is 4.79 Å². The Morgan fingerprint density at radius 2 is 2.29 bits per heavy atom. The van der Waals surface area contributed by atoms with Crippen molar-refractivity contribution < 1.29 is 14.6 Å². The Balaban J connectivity index is 2.12. The van der Waals surface area contributed by atoms with E-state index in [4.69, 9.17) is 9.84 Å². The van der Waals surface area contributed by atoms with Crippen LogP contribution in [0.4, 0.5) is 5.69 Å². The molecule has 0 aromatic heterocycles. The summed E-state index contributed by atoms with van der Waals surface area (Å²) in [4.78, 5) is 12.9. The smallest absolute Gasteiger partial charge is 0.331 e. The predicted octanol–water partition coefficient (Wildman–Crippen LogP) is 1.92. The van der Waals surface area contributed by atoms with Crippen LogP contribution in [-0.4, -0.2) is 31.3 Å². The molecule has 1 N–H and O–H groups in total. The Hall–Kier alpha value is -1.97. The normalized spacial score (nSPS) is 15.4. The summed E-state index contributed by atoms with van der Waals surface area (Å²) in [5.41, 5.74) is 1.56. The van der Waals surface area contributed by atoms with Crippen LogP contribution in [-0.2, 0) is 4.79 Å². The minimum atomic E-state index is -0.810. The van der Waals surface area contributed by atoms with Crippen molar-refractivity contribution in [1.29, 1.82) is 0 Å². The highest BCUT2D eigenvalue weighted by molar-refractivity contribution is 5.87. The number of carboxylic acid groups (broad SMARTS) is 1. The van der Waals surface area contributed by atoms with Gasteiger partial charge in [-0.15, -0.1) is 0 Å². The molecule has 0 fully saturated rings. The first-order valence-corrected chi connectivity index (χ1v) is 5.52. The van der Waals surface area contributed by atoms with E-state index in [-0.39, 0.29) is 0 Å². The van der Waals surface area contributed by atoms with Crippen LogP contribution in [0.3, 0.4) is 0 Å². The monoisotopic (exact) mass is 233 g/mol. The number of aliphatic carboxylic acids is 1. The third-order valence-corrected chi connectivity index (χ3v) is 2.90. The first kappa shape index (κ1) is 11.5. The minimum Gasteiger partial charge on any atom is -0.497 e. The van der Waals surface area contributed by atoms with Gasteiger partial charge in [0.1, 0.15) is 5.75 Å². The maximum absolute atomic E-state index is 10.8. The molecule has 17 heavy (non-hydrogen) atoms. The van der Waals surface area contributed by atoms with Crippen molar-refractivity contribution in [1.82, 2.24) is 0 Å². The molecule has 4 heteroatoms. The van der Waals surface area contributed by atoms with Crippen molar-refractivity contribution in [3.63, 3.8) is 0 Å². The number of nitrogens with zero attached hydrogens (tertiary/aromatic N) is 1. The molecular weight excluding hydrogens is 218 g/mol. The topological polar surface area (TPSA) is 49.8 Å². The van der Waals surface area contributed by atoms with Gasteiger partial charge in [-0.2, -0.15) is 0 Å². The lowest BCUT2D eigenvalue weighted by atomic mass is 10.1. The zero-order chi connectivity index (χ0) is 12.3. The Kier molecular flexibility index (Phi) is 3.32. The van der Waals surface area contributed by atoms with Crippen LogP contribution in [0.25, 0.3) is 0 Å². The quantitative estimate of drug-likeness (QED) is 0.866. The number of carbonyl (C=O) groups is 1. The average molecular weight is 233 g/mol. The van der Waals surface area contributed by atoms with Gasteiger partial charge in [0.2, 0.25) is 0 Å². The van der Waals surface area contributed by atoms with Gasteiger partial charge in [0.05, 0.1) is 7.11 Å². The Morgan fingerprint density at radius 3 is 2.88 bits per heavy atom. The third-order valence-electron chi connectivity index (χ3n) is 2.90. The SMILES string of the molecule is COc1cccc(N2CC=C(C(=O)O)CC2)c1. The van der Waals surface area contributed by atoms with Crippen molar-refractivity contribution in [2.24, 2.45) is 0 Å². The molecule has 0 bridgehead atoms. The highest BCUT2D eigenvalue weighted by Gasteiger charge is 2.16. The number of benzene rings is 1. The number of anilines is 1. The minimum absolute atomic E-state index is 0.504. The zero-order valence-electron chi connectivity index (χ0n) is 9.72. The van der Waals surface area contributed by atoms with Crippen molar-refractivity contribution in [2.75, 3.05) is 25.1 Å². The lowest BCUT2D eigenvalue weighted by Crippen LogP contribution is -2.29. The van der Waals surface area contributed by atoms with Crippen LogP contribution in [0.5, 0.6) is 5.75 Å². The molecule has 4 nitrogen and oxygen atoms in total. The molecule has 1 aliphatic heterocycles. The summed E-state index contributed by atoms with van der Waals surface area (Å²) in [6.07, 6.45) is 2.35. The van der Waals surface area contributed by atoms with Crippen LogP contribution in [0, 0.1) is 0 Å². The standard InChI is InChI=1S/C13H15NO3/c1-17-12-4-2-3-11(9-12)14-7-5-10(6-8-14)13(15)16/h2-5,9H,6-8H2,1H3,(H,15,16). The molecule has 1 aromatic rings. The highest BCUT2D eigenvalue weighted by atomic mass is 16.5. The van der Waals surface area contributed by atoms with Gasteiger partial charge in [0, 0.05) is 30.4 Å². The number of rotatable bonds is 3. The molecule has 0 amide bonds. The molecule has 0 atom stereocenters. The van der Waals surface area contributed by atoms with Crippen LogP contribution in [0.15, 0.2) is 35.9 Å². The molecule has 0 saturated heterocycles. The van der Waals surface area contributed by atoms with Crippen LogP contribution in [0.2, 0.25) is 0 Å². The fourth-order valence-electron chi connectivity index (χ4n) is 1.91. The van der Waals surface area contributed by atoms with Crippen LogP contribution >= 0.6 is 0 Å².